The van der Waals surface area contributed by atoms with Gasteiger partial charge in [-0.1, -0.05) is 36.6 Å². The van der Waals surface area contributed by atoms with Gasteiger partial charge in [-0.25, -0.2) is 0 Å². The van der Waals surface area contributed by atoms with E-state index in [0.717, 1.165) is 31.2 Å². The number of hydrogen-bond donors (Lipinski definition) is 1. The Kier molecular flexibility index (Phi) is 3.85. The monoisotopic (exact) mass is 251 g/mol. The molecule has 0 aliphatic heterocycles. The number of hydrogen-bond acceptors (Lipinski definition) is 2. The molecule has 1 saturated carbocycles. The molecular weight excluding hydrogens is 234 g/mol. The Hall–Kier alpha value is -0.860. The van der Waals surface area contributed by atoms with Gasteiger partial charge in [-0.3, -0.25) is 4.79 Å². The van der Waals surface area contributed by atoms with E-state index in [9.17, 15) is 4.79 Å². The van der Waals surface area contributed by atoms with Crippen molar-refractivity contribution in [2.45, 2.75) is 38.6 Å². The van der Waals surface area contributed by atoms with E-state index in [-0.39, 0.29) is 17.7 Å². The van der Waals surface area contributed by atoms with Crippen LogP contribution in [0.15, 0.2) is 18.2 Å². The maximum Gasteiger partial charge on any atom is 0.167 e. The molecule has 1 aliphatic carbocycles. The van der Waals surface area contributed by atoms with Crippen LogP contribution in [0.1, 0.15) is 41.6 Å². The van der Waals surface area contributed by atoms with Crippen LogP contribution < -0.4 is 5.73 Å². The van der Waals surface area contributed by atoms with Gasteiger partial charge in [-0.2, -0.15) is 0 Å². The topological polar surface area (TPSA) is 43.1 Å². The lowest BCUT2D eigenvalue weighted by atomic mass is 9.80. The summed E-state index contributed by atoms with van der Waals surface area (Å²) in [5, 5.41) is 0.653. The van der Waals surface area contributed by atoms with Gasteiger partial charge in [0.1, 0.15) is 0 Å². The first-order valence-corrected chi connectivity index (χ1v) is 6.53. The zero-order chi connectivity index (χ0) is 12.4. The third-order valence-corrected chi connectivity index (χ3v) is 4.02. The van der Waals surface area contributed by atoms with Crippen LogP contribution in [0.2, 0.25) is 5.02 Å². The summed E-state index contributed by atoms with van der Waals surface area (Å²) in [4.78, 5) is 12.3. The molecule has 92 valence electrons. The van der Waals surface area contributed by atoms with Crippen LogP contribution in [0.4, 0.5) is 0 Å². The van der Waals surface area contributed by atoms with Crippen molar-refractivity contribution in [3.8, 4) is 0 Å². The van der Waals surface area contributed by atoms with E-state index in [4.69, 9.17) is 17.3 Å². The fourth-order valence-electron chi connectivity index (χ4n) is 2.45. The second-order valence-electron chi connectivity index (χ2n) is 4.88. The summed E-state index contributed by atoms with van der Waals surface area (Å²) < 4.78 is 0. The Morgan fingerprint density at radius 3 is 2.71 bits per heavy atom. The number of aryl methyl sites for hydroxylation is 1. The quantitative estimate of drug-likeness (QED) is 0.820. The lowest BCUT2D eigenvalue weighted by Gasteiger charge is -2.27. The van der Waals surface area contributed by atoms with Crippen LogP contribution in [-0.4, -0.2) is 11.8 Å². The first kappa shape index (κ1) is 12.6. The lowest BCUT2D eigenvalue weighted by Crippen LogP contribution is -2.38. The molecule has 17 heavy (non-hydrogen) atoms. The first-order chi connectivity index (χ1) is 8.09. The van der Waals surface area contributed by atoms with Gasteiger partial charge < -0.3 is 5.73 Å². The second-order valence-corrected chi connectivity index (χ2v) is 5.29. The second kappa shape index (κ2) is 5.19. The summed E-state index contributed by atoms with van der Waals surface area (Å²) >= 11 is 6.05. The molecule has 0 amide bonds. The number of benzene rings is 1. The highest BCUT2D eigenvalue weighted by Gasteiger charge is 2.28. The first-order valence-electron chi connectivity index (χ1n) is 6.15. The van der Waals surface area contributed by atoms with Crippen molar-refractivity contribution in [3.05, 3.63) is 34.3 Å². The van der Waals surface area contributed by atoms with Crippen LogP contribution in [0.3, 0.4) is 0 Å². The minimum Gasteiger partial charge on any atom is -0.327 e. The molecule has 0 spiro atoms. The minimum absolute atomic E-state index is 0.0105. The highest BCUT2D eigenvalue weighted by molar-refractivity contribution is 6.31. The Morgan fingerprint density at radius 1 is 1.35 bits per heavy atom. The summed E-state index contributed by atoms with van der Waals surface area (Å²) in [6, 6.07) is 5.52. The minimum atomic E-state index is -0.0254. The number of halogens is 1. The summed E-state index contributed by atoms with van der Waals surface area (Å²) in [5.74, 6) is 0.127. The van der Waals surface area contributed by atoms with Gasteiger partial charge in [0.25, 0.3) is 0 Å². The standard InChI is InChI=1S/C14H18ClNO/c1-9-6-7-10(8-12(9)15)14(17)11-4-2-3-5-13(11)16/h6-8,11,13H,2-5,16H2,1H3. The number of ketones is 1. The fraction of sp³-hybridized carbons (Fsp3) is 0.500. The molecular formula is C14H18ClNO. The van der Waals surface area contributed by atoms with E-state index in [2.05, 4.69) is 0 Å². The smallest absolute Gasteiger partial charge is 0.167 e. The molecule has 2 atom stereocenters. The van der Waals surface area contributed by atoms with Gasteiger partial charge >= 0.3 is 0 Å². The van der Waals surface area contributed by atoms with Crippen LogP contribution in [0.25, 0.3) is 0 Å². The molecule has 1 aromatic carbocycles. The fourth-order valence-corrected chi connectivity index (χ4v) is 2.63. The van der Waals surface area contributed by atoms with Crippen molar-refractivity contribution < 1.29 is 4.79 Å². The predicted octanol–water partition coefficient (Wildman–Crippen LogP) is 3.35. The van der Waals surface area contributed by atoms with Crippen molar-refractivity contribution in [3.63, 3.8) is 0 Å². The zero-order valence-electron chi connectivity index (χ0n) is 10.1. The van der Waals surface area contributed by atoms with Gasteiger partial charge in [0.05, 0.1) is 0 Å². The average molecular weight is 252 g/mol. The molecule has 2 nitrogen and oxygen atoms in total. The van der Waals surface area contributed by atoms with Gasteiger partial charge in [0.15, 0.2) is 5.78 Å². The Labute approximate surface area is 107 Å². The molecule has 0 bridgehead atoms. The molecule has 0 heterocycles. The van der Waals surface area contributed by atoms with Gasteiger partial charge in [-0.05, 0) is 31.4 Å². The highest BCUT2D eigenvalue weighted by Crippen LogP contribution is 2.27. The van der Waals surface area contributed by atoms with E-state index in [1.54, 1.807) is 6.07 Å². The molecule has 1 fully saturated rings. The van der Waals surface area contributed by atoms with Crippen LogP contribution in [0.5, 0.6) is 0 Å². The lowest BCUT2D eigenvalue weighted by molar-refractivity contribution is 0.0871. The summed E-state index contributed by atoms with van der Waals surface area (Å²) in [5.41, 5.74) is 7.72. The molecule has 0 radical (unpaired) electrons. The van der Waals surface area contributed by atoms with E-state index < -0.39 is 0 Å². The number of rotatable bonds is 2. The third-order valence-electron chi connectivity index (χ3n) is 3.61. The number of Topliss-reactive ketones (excluding diaryl/α,β-unsaturated/α-hetero) is 1. The molecule has 2 unspecified atom stereocenters. The number of carbonyl (C=O) groups excluding carboxylic acids is 1. The largest absolute Gasteiger partial charge is 0.327 e. The van der Waals surface area contributed by atoms with E-state index >= 15 is 0 Å². The van der Waals surface area contributed by atoms with Crippen molar-refractivity contribution in [2.75, 3.05) is 0 Å². The molecule has 0 saturated heterocycles. The molecule has 2 rings (SSSR count). The zero-order valence-corrected chi connectivity index (χ0v) is 10.8. The SMILES string of the molecule is Cc1ccc(C(=O)C2CCCCC2N)cc1Cl. The predicted molar refractivity (Wildman–Crippen MR) is 70.5 cm³/mol. The average Bonchev–Trinajstić information content (AvgIpc) is 2.32. The van der Waals surface area contributed by atoms with E-state index in [0.29, 0.717) is 10.6 Å². The van der Waals surface area contributed by atoms with Crippen molar-refractivity contribution >= 4 is 17.4 Å². The third kappa shape index (κ3) is 2.70. The van der Waals surface area contributed by atoms with Crippen molar-refractivity contribution in [1.29, 1.82) is 0 Å². The number of carbonyl (C=O) groups is 1. The highest BCUT2D eigenvalue weighted by atomic mass is 35.5. The number of nitrogens with two attached hydrogens (primary N) is 1. The van der Waals surface area contributed by atoms with Crippen LogP contribution in [0, 0.1) is 12.8 Å². The molecule has 1 aromatic rings. The van der Waals surface area contributed by atoms with Gasteiger partial charge in [0.2, 0.25) is 0 Å². The Balaban J connectivity index is 2.21. The van der Waals surface area contributed by atoms with Crippen LogP contribution in [-0.2, 0) is 0 Å². The summed E-state index contributed by atoms with van der Waals surface area (Å²) in [6.45, 7) is 1.93. The van der Waals surface area contributed by atoms with Crippen LogP contribution >= 0.6 is 11.6 Å². The molecule has 0 aromatic heterocycles. The molecule has 2 N–H and O–H groups in total. The summed E-state index contributed by atoms with van der Waals surface area (Å²) in [6.07, 6.45) is 4.10. The maximum absolute atomic E-state index is 12.3. The van der Waals surface area contributed by atoms with Crippen molar-refractivity contribution in [1.82, 2.24) is 0 Å². The summed E-state index contributed by atoms with van der Waals surface area (Å²) in [7, 11) is 0. The Morgan fingerprint density at radius 2 is 2.06 bits per heavy atom. The molecule has 1 aliphatic rings. The normalized spacial score (nSPS) is 24.6. The molecule has 3 heteroatoms. The van der Waals surface area contributed by atoms with Crippen molar-refractivity contribution in [2.24, 2.45) is 11.7 Å². The maximum atomic E-state index is 12.3. The Bertz CT molecular complexity index is 430. The van der Waals surface area contributed by atoms with Gasteiger partial charge in [-0.15, -0.1) is 0 Å². The van der Waals surface area contributed by atoms with E-state index in [1.165, 1.54) is 0 Å². The van der Waals surface area contributed by atoms with Gasteiger partial charge in [0, 0.05) is 22.5 Å². The van der Waals surface area contributed by atoms with E-state index in [1.807, 2.05) is 19.1 Å².